The topological polar surface area (TPSA) is 115 Å². The minimum Gasteiger partial charge on any atom is -0.383 e. The molecule has 0 aliphatic heterocycles. The fourth-order valence-corrected chi connectivity index (χ4v) is 4.90. The summed E-state index contributed by atoms with van der Waals surface area (Å²) in [6, 6.07) is 5.77. The molecule has 172 valence electrons. The largest absolute Gasteiger partial charge is 0.383 e. The zero-order chi connectivity index (χ0) is 23.3. The molecule has 0 spiro atoms. The first-order valence-electron chi connectivity index (χ1n) is 11.4. The Hall–Kier alpha value is -3.13. The van der Waals surface area contributed by atoms with Gasteiger partial charge in [0.25, 0.3) is 5.91 Å². The summed E-state index contributed by atoms with van der Waals surface area (Å²) in [5.41, 5.74) is 9.15. The molecule has 3 heterocycles. The molecule has 4 aromatic rings. The fraction of sp³-hybridized carbons (Fsp3) is 0.417. The monoisotopic (exact) mass is 465 g/mol. The van der Waals surface area contributed by atoms with Crippen molar-refractivity contribution in [1.29, 1.82) is 0 Å². The Morgan fingerprint density at radius 2 is 1.97 bits per heavy atom. The minimum absolute atomic E-state index is 0.0591. The highest BCUT2D eigenvalue weighted by molar-refractivity contribution is 6.38. The molecule has 0 radical (unpaired) electrons. The molecule has 0 unspecified atom stereocenters. The highest BCUT2D eigenvalue weighted by atomic mass is 35.5. The van der Waals surface area contributed by atoms with E-state index in [1.165, 1.54) is 25.6 Å². The maximum absolute atomic E-state index is 12.8. The molecule has 1 aliphatic carbocycles. The molecule has 1 amide bonds. The molecule has 3 aromatic heterocycles. The number of amides is 1. The Balaban J connectivity index is 1.58. The fourth-order valence-electron chi connectivity index (χ4n) is 4.60. The molecule has 0 saturated heterocycles. The SMILES string of the molecule is CC(C)(C)n1nc(-c2[nH]c3cc(C(=O)NC4CCCCC4)ccc3c2Cl)c2c(N)ncnc21. The number of anilines is 1. The van der Waals surface area contributed by atoms with Gasteiger partial charge < -0.3 is 16.0 Å². The van der Waals surface area contributed by atoms with Crippen LogP contribution in [-0.2, 0) is 5.54 Å². The first-order chi connectivity index (χ1) is 15.7. The van der Waals surface area contributed by atoms with Gasteiger partial charge in [-0.25, -0.2) is 14.6 Å². The van der Waals surface area contributed by atoms with Crippen molar-refractivity contribution in [2.24, 2.45) is 0 Å². The number of fused-ring (bicyclic) bond motifs is 2. The zero-order valence-corrected chi connectivity index (χ0v) is 19.8. The Labute approximate surface area is 196 Å². The van der Waals surface area contributed by atoms with Gasteiger partial charge in [-0.05, 0) is 45.7 Å². The second-order valence-electron chi connectivity index (χ2n) is 9.77. The molecule has 0 bridgehead atoms. The lowest BCUT2D eigenvalue weighted by atomic mass is 9.95. The van der Waals surface area contributed by atoms with Crippen LogP contribution >= 0.6 is 11.6 Å². The minimum atomic E-state index is -0.319. The first kappa shape index (κ1) is 21.7. The van der Waals surface area contributed by atoms with E-state index in [9.17, 15) is 4.79 Å². The molecule has 1 aliphatic rings. The number of hydrogen-bond acceptors (Lipinski definition) is 5. The average Bonchev–Trinajstić information content (AvgIpc) is 3.33. The van der Waals surface area contributed by atoms with Crippen LogP contribution in [0.15, 0.2) is 24.5 Å². The summed E-state index contributed by atoms with van der Waals surface area (Å²) in [4.78, 5) is 24.8. The van der Waals surface area contributed by atoms with Crippen LogP contribution in [0, 0.1) is 0 Å². The van der Waals surface area contributed by atoms with Crippen molar-refractivity contribution in [3.8, 4) is 11.4 Å². The number of carbonyl (C=O) groups excluding carboxylic acids is 1. The quantitative estimate of drug-likeness (QED) is 0.392. The van der Waals surface area contributed by atoms with Gasteiger partial charge in [0.1, 0.15) is 17.8 Å². The van der Waals surface area contributed by atoms with Crippen LogP contribution in [-0.4, -0.2) is 36.7 Å². The number of halogens is 1. The highest BCUT2D eigenvalue weighted by Crippen LogP contribution is 2.39. The third-order valence-electron chi connectivity index (χ3n) is 6.30. The molecule has 33 heavy (non-hydrogen) atoms. The number of H-pyrrole nitrogens is 1. The number of aromatic nitrogens is 5. The molecular weight excluding hydrogens is 438 g/mol. The summed E-state index contributed by atoms with van der Waals surface area (Å²) in [6.45, 7) is 6.14. The summed E-state index contributed by atoms with van der Waals surface area (Å²) < 4.78 is 1.83. The maximum Gasteiger partial charge on any atom is 0.251 e. The van der Waals surface area contributed by atoms with Crippen molar-refractivity contribution in [3.05, 3.63) is 35.1 Å². The van der Waals surface area contributed by atoms with Crippen molar-refractivity contribution in [2.45, 2.75) is 64.5 Å². The zero-order valence-electron chi connectivity index (χ0n) is 19.1. The Bertz CT molecular complexity index is 1360. The van der Waals surface area contributed by atoms with Crippen molar-refractivity contribution < 1.29 is 4.79 Å². The summed E-state index contributed by atoms with van der Waals surface area (Å²) in [5.74, 6) is 0.281. The lowest BCUT2D eigenvalue weighted by Crippen LogP contribution is -2.36. The number of aromatic amines is 1. The lowest BCUT2D eigenvalue weighted by molar-refractivity contribution is 0.0928. The van der Waals surface area contributed by atoms with Gasteiger partial charge in [-0.15, -0.1) is 0 Å². The summed E-state index contributed by atoms with van der Waals surface area (Å²) in [6.07, 6.45) is 7.11. The van der Waals surface area contributed by atoms with E-state index in [1.807, 2.05) is 43.7 Å². The molecule has 1 saturated carbocycles. The van der Waals surface area contributed by atoms with Crippen molar-refractivity contribution in [1.82, 2.24) is 30.0 Å². The van der Waals surface area contributed by atoms with Gasteiger partial charge in [0.2, 0.25) is 0 Å². The van der Waals surface area contributed by atoms with Crippen LogP contribution in [0.5, 0.6) is 0 Å². The predicted octanol–water partition coefficient (Wildman–Crippen LogP) is 5.03. The van der Waals surface area contributed by atoms with E-state index in [2.05, 4.69) is 20.3 Å². The molecular formula is C24H28ClN7O. The van der Waals surface area contributed by atoms with Gasteiger partial charge in [0, 0.05) is 22.5 Å². The molecule has 5 rings (SSSR count). The number of nitrogens with two attached hydrogens (primary N) is 1. The van der Waals surface area contributed by atoms with E-state index in [1.54, 1.807) is 0 Å². The van der Waals surface area contributed by atoms with Crippen LogP contribution in [0.2, 0.25) is 5.02 Å². The summed E-state index contributed by atoms with van der Waals surface area (Å²) in [5, 5.41) is 9.98. The molecule has 4 N–H and O–H groups in total. The number of carbonyl (C=O) groups is 1. The van der Waals surface area contributed by atoms with Crippen LogP contribution in [0.4, 0.5) is 5.82 Å². The second-order valence-corrected chi connectivity index (χ2v) is 10.1. The molecule has 1 aromatic carbocycles. The lowest BCUT2D eigenvalue weighted by Gasteiger charge is -2.22. The maximum atomic E-state index is 12.8. The van der Waals surface area contributed by atoms with E-state index in [0.717, 1.165) is 23.7 Å². The smallest absolute Gasteiger partial charge is 0.251 e. The number of nitrogens with zero attached hydrogens (tertiary/aromatic N) is 4. The van der Waals surface area contributed by atoms with E-state index in [-0.39, 0.29) is 17.5 Å². The number of benzene rings is 1. The number of hydrogen-bond donors (Lipinski definition) is 3. The van der Waals surface area contributed by atoms with Gasteiger partial charge >= 0.3 is 0 Å². The number of nitrogen functional groups attached to an aromatic ring is 1. The second kappa shape index (κ2) is 8.02. The van der Waals surface area contributed by atoms with Crippen molar-refractivity contribution >= 4 is 45.3 Å². The third-order valence-corrected chi connectivity index (χ3v) is 6.70. The average molecular weight is 466 g/mol. The van der Waals surface area contributed by atoms with Crippen molar-refractivity contribution in [3.63, 3.8) is 0 Å². The number of rotatable bonds is 3. The van der Waals surface area contributed by atoms with Crippen LogP contribution in [0.1, 0.15) is 63.2 Å². The Kier molecular flexibility index (Phi) is 5.28. The molecule has 8 nitrogen and oxygen atoms in total. The summed E-state index contributed by atoms with van der Waals surface area (Å²) in [7, 11) is 0. The van der Waals surface area contributed by atoms with E-state index < -0.39 is 0 Å². The number of nitrogens with one attached hydrogen (secondary N) is 2. The highest BCUT2D eigenvalue weighted by Gasteiger charge is 2.26. The van der Waals surface area contributed by atoms with Gasteiger partial charge in [-0.2, -0.15) is 5.10 Å². The first-order valence-corrected chi connectivity index (χ1v) is 11.7. The Morgan fingerprint density at radius 3 is 2.70 bits per heavy atom. The Morgan fingerprint density at radius 1 is 1.21 bits per heavy atom. The van der Waals surface area contributed by atoms with Crippen LogP contribution in [0.25, 0.3) is 33.3 Å². The van der Waals surface area contributed by atoms with E-state index in [4.69, 9.17) is 22.4 Å². The molecule has 1 fully saturated rings. The van der Waals surface area contributed by atoms with E-state index >= 15 is 0 Å². The van der Waals surface area contributed by atoms with E-state index in [0.29, 0.717) is 38.8 Å². The normalized spacial score (nSPS) is 15.4. The third kappa shape index (κ3) is 3.82. The van der Waals surface area contributed by atoms with Gasteiger partial charge in [0.05, 0.1) is 21.6 Å². The van der Waals surface area contributed by atoms with Crippen LogP contribution in [0.3, 0.4) is 0 Å². The molecule has 9 heteroatoms. The van der Waals surface area contributed by atoms with Gasteiger partial charge in [0.15, 0.2) is 5.65 Å². The molecule has 0 atom stereocenters. The van der Waals surface area contributed by atoms with Crippen molar-refractivity contribution in [2.75, 3.05) is 5.73 Å². The summed E-state index contributed by atoms with van der Waals surface area (Å²) >= 11 is 6.79. The van der Waals surface area contributed by atoms with Gasteiger partial charge in [-0.1, -0.05) is 36.9 Å². The standard InChI is InChI=1S/C24H28ClN7O/c1-24(2,3)32-22-17(21(26)27-12-28-22)19(31-32)20-18(25)15-10-9-13(11-16(15)30-20)23(33)29-14-7-5-4-6-8-14/h9-12,14,30H,4-8H2,1-3H3,(H,29,33)(H2,26,27,28). The van der Waals surface area contributed by atoms with Crippen LogP contribution < -0.4 is 11.1 Å². The van der Waals surface area contributed by atoms with Gasteiger partial charge in [-0.3, -0.25) is 4.79 Å². The predicted molar refractivity (Wildman–Crippen MR) is 131 cm³/mol.